The summed E-state index contributed by atoms with van der Waals surface area (Å²) in [4.78, 5) is 21.9. The molecule has 0 saturated heterocycles. The zero-order chi connectivity index (χ0) is 18.8. The number of phenols is 1. The first kappa shape index (κ1) is 18.1. The molecule has 0 bridgehead atoms. The monoisotopic (exact) mass is 351 g/mol. The zero-order valence-corrected chi connectivity index (χ0v) is 15.8. The molecule has 136 valence electrons. The minimum atomic E-state index is -0.0731. The van der Waals surface area contributed by atoms with Gasteiger partial charge in [-0.05, 0) is 62.9 Å². The highest BCUT2D eigenvalue weighted by Crippen LogP contribution is 2.35. The predicted molar refractivity (Wildman–Crippen MR) is 104 cm³/mol. The van der Waals surface area contributed by atoms with Crippen molar-refractivity contribution >= 4 is 17.8 Å². The molecule has 1 amide bonds. The Hall–Kier alpha value is -2.69. The summed E-state index contributed by atoms with van der Waals surface area (Å²) in [6, 6.07) is 5.36. The van der Waals surface area contributed by atoms with Gasteiger partial charge in [0.15, 0.2) is 5.82 Å². The number of benzene rings is 1. The number of hydrogen-bond acceptors (Lipinski definition) is 4. The number of carbonyl (C=O) groups excluding carboxylic acids is 1. The van der Waals surface area contributed by atoms with Gasteiger partial charge in [0, 0.05) is 11.5 Å². The lowest BCUT2D eigenvalue weighted by molar-refractivity contribution is -0.119. The van der Waals surface area contributed by atoms with E-state index in [9.17, 15) is 9.90 Å². The lowest BCUT2D eigenvalue weighted by Crippen LogP contribution is -2.22. The molecule has 5 heteroatoms. The molecule has 3 rings (SSSR count). The Kier molecular flexibility index (Phi) is 5.07. The summed E-state index contributed by atoms with van der Waals surface area (Å²) in [6.45, 7) is 7.89. The molecular formula is C21H25N3O2. The number of anilines is 1. The van der Waals surface area contributed by atoms with E-state index in [1.807, 2.05) is 39.8 Å². The number of hydrogen-bond donors (Lipinski definition) is 2. The van der Waals surface area contributed by atoms with Crippen molar-refractivity contribution in [3.05, 3.63) is 40.7 Å². The van der Waals surface area contributed by atoms with Crippen LogP contribution in [0.3, 0.4) is 0 Å². The van der Waals surface area contributed by atoms with Crippen molar-refractivity contribution in [2.75, 3.05) is 5.32 Å². The summed E-state index contributed by atoms with van der Waals surface area (Å²) in [7, 11) is 0. The average Bonchev–Trinajstić information content (AvgIpc) is 2.60. The van der Waals surface area contributed by atoms with Crippen LogP contribution in [0, 0.1) is 5.92 Å². The molecule has 1 atom stereocenters. The van der Waals surface area contributed by atoms with E-state index >= 15 is 0 Å². The van der Waals surface area contributed by atoms with Crippen LogP contribution in [0.2, 0.25) is 0 Å². The SMILES string of the molecule is CCC(C)C(=O)Nc1nc2c(nc1C=C(C)C)-c1ccc(O)cc1CC2. The maximum Gasteiger partial charge on any atom is 0.228 e. The largest absolute Gasteiger partial charge is 0.508 e. The number of rotatable bonds is 4. The number of nitrogens with zero attached hydrogens (tertiary/aromatic N) is 2. The molecule has 1 unspecified atom stereocenters. The van der Waals surface area contributed by atoms with Gasteiger partial charge < -0.3 is 10.4 Å². The summed E-state index contributed by atoms with van der Waals surface area (Å²) in [6.07, 6.45) is 4.25. The first-order valence-corrected chi connectivity index (χ1v) is 9.08. The standard InChI is InChI=1S/C21H25N3O2/c1-5-13(4)21(26)24-20-18(10-12(2)3)22-19-16-8-7-15(25)11-14(16)6-9-17(19)23-20/h7-8,10-11,13,25H,5-6,9H2,1-4H3,(H,23,24,26). The third-order valence-electron chi connectivity index (χ3n) is 4.70. The molecule has 1 heterocycles. The fraction of sp³-hybridized carbons (Fsp3) is 0.381. The van der Waals surface area contributed by atoms with Crippen molar-refractivity contribution < 1.29 is 9.90 Å². The highest BCUT2D eigenvalue weighted by atomic mass is 16.3. The molecule has 0 saturated carbocycles. The Morgan fingerprint density at radius 2 is 2.08 bits per heavy atom. The number of carbonyl (C=O) groups is 1. The Labute approximate surface area is 154 Å². The van der Waals surface area contributed by atoms with Crippen LogP contribution in [0.5, 0.6) is 5.75 Å². The Morgan fingerprint density at radius 1 is 1.31 bits per heavy atom. The summed E-state index contributed by atoms with van der Waals surface area (Å²) in [5, 5.41) is 12.7. The van der Waals surface area contributed by atoms with Gasteiger partial charge in [0.25, 0.3) is 0 Å². The predicted octanol–water partition coefficient (Wildman–Crippen LogP) is 4.36. The molecule has 2 aromatic rings. The molecule has 1 aliphatic carbocycles. The second-order valence-electron chi connectivity index (χ2n) is 7.11. The van der Waals surface area contributed by atoms with Gasteiger partial charge in [0.1, 0.15) is 11.4 Å². The van der Waals surface area contributed by atoms with Gasteiger partial charge in [-0.3, -0.25) is 4.79 Å². The van der Waals surface area contributed by atoms with Gasteiger partial charge in [0.05, 0.1) is 11.4 Å². The molecule has 0 aliphatic heterocycles. The first-order chi connectivity index (χ1) is 12.4. The van der Waals surface area contributed by atoms with Crippen LogP contribution in [-0.2, 0) is 17.6 Å². The van der Waals surface area contributed by atoms with E-state index in [-0.39, 0.29) is 17.6 Å². The van der Waals surface area contributed by atoms with Gasteiger partial charge in [-0.1, -0.05) is 19.4 Å². The second-order valence-corrected chi connectivity index (χ2v) is 7.11. The second kappa shape index (κ2) is 7.28. The van der Waals surface area contributed by atoms with Crippen molar-refractivity contribution in [1.82, 2.24) is 9.97 Å². The van der Waals surface area contributed by atoms with Crippen molar-refractivity contribution in [1.29, 1.82) is 0 Å². The third-order valence-corrected chi connectivity index (χ3v) is 4.70. The maximum absolute atomic E-state index is 12.4. The molecule has 0 radical (unpaired) electrons. The Bertz CT molecular complexity index is 883. The number of aromatic hydroxyl groups is 1. The molecule has 1 aromatic carbocycles. The quantitative estimate of drug-likeness (QED) is 0.858. The Morgan fingerprint density at radius 3 is 2.77 bits per heavy atom. The van der Waals surface area contributed by atoms with Crippen molar-refractivity contribution in [3.63, 3.8) is 0 Å². The first-order valence-electron chi connectivity index (χ1n) is 9.08. The highest BCUT2D eigenvalue weighted by Gasteiger charge is 2.22. The van der Waals surface area contributed by atoms with E-state index in [0.717, 1.165) is 47.4 Å². The molecule has 0 spiro atoms. The fourth-order valence-corrected chi connectivity index (χ4v) is 3.04. The third kappa shape index (κ3) is 3.62. The summed E-state index contributed by atoms with van der Waals surface area (Å²) in [5.74, 6) is 0.682. The molecular weight excluding hydrogens is 326 g/mol. The number of allylic oxidation sites excluding steroid dienone is 1. The topological polar surface area (TPSA) is 75.1 Å². The van der Waals surface area contributed by atoms with E-state index < -0.39 is 0 Å². The van der Waals surface area contributed by atoms with Gasteiger partial charge >= 0.3 is 0 Å². The fourth-order valence-electron chi connectivity index (χ4n) is 3.04. The summed E-state index contributed by atoms with van der Waals surface area (Å²) < 4.78 is 0. The van der Waals surface area contributed by atoms with Crippen molar-refractivity contribution in [3.8, 4) is 17.0 Å². The van der Waals surface area contributed by atoms with Crippen LogP contribution < -0.4 is 5.32 Å². The summed E-state index contributed by atoms with van der Waals surface area (Å²) >= 11 is 0. The highest BCUT2D eigenvalue weighted by molar-refractivity contribution is 5.93. The summed E-state index contributed by atoms with van der Waals surface area (Å²) in [5.41, 5.74) is 5.54. The minimum Gasteiger partial charge on any atom is -0.508 e. The minimum absolute atomic E-state index is 0.0358. The van der Waals surface area contributed by atoms with E-state index in [1.165, 1.54) is 0 Å². The molecule has 2 N–H and O–H groups in total. The molecule has 0 fully saturated rings. The van der Waals surface area contributed by atoms with Crippen LogP contribution in [0.25, 0.3) is 17.3 Å². The normalized spacial score (nSPS) is 13.4. The Balaban J connectivity index is 2.09. The number of fused-ring (bicyclic) bond motifs is 3. The number of amides is 1. The van der Waals surface area contributed by atoms with Gasteiger partial charge in [0.2, 0.25) is 5.91 Å². The molecule has 1 aliphatic rings. The smallest absolute Gasteiger partial charge is 0.228 e. The van der Waals surface area contributed by atoms with Crippen LogP contribution in [0.15, 0.2) is 23.8 Å². The van der Waals surface area contributed by atoms with Crippen LogP contribution in [0.4, 0.5) is 5.82 Å². The van der Waals surface area contributed by atoms with E-state index in [4.69, 9.17) is 9.97 Å². The van der Waals surface area contributed by atoms with Crippen molar-refractivity contribution in [2.24, 2.45) is 5.92 Å². The van der Waals surface area contributed by atoms with E-state index in [0.29, 0.717) is 11.5 Å². The van der Waals surface area contributed by atoms with Gasteiger partial charge in [-0.15, -0.1) is 0 Å². The zero-order valence-electron chi connectivity index (χ0n) is 15.8. The van der Waals surface area contributed by atoms with Crippen LogP contribution >= 0.6 is 0 Å². The number of nitrogens with one attached hydrogen (secondary N) is 1. The number of aromatic nitrogens is 2. The molecule has 5 nitrogen and oxygen atoms in total. The van der Waals surface area contributed by atoms with Crippen molar-refractivity contribution in [2.45, 2.75) is 47.0 Å². The van der Waals surface area contributed by atoms with Gasteiger partial charge in [-0.25, -0.2) is 9.97 Å². The van der Waals surface area contributed by atoms with Gasteiger partial charge in [-0.2, -0.15) is 0 Å². The average molecular weight is 351 g/mol. The number of aryl methyl sites for hydroxylation is 2. The molecule has 1 aromatic heterocycles. The lowest BCUT2D eigenvalue weighted by Gasteiger charge is -2.21. The number of phenolic OH excluding ortho intramolecular Hbond substituents is 1. The molecule has 26 heavy (non-hydrogen) atoms. The maximum atomic E-state index is 12.4. The van der Waals surface area contributed by atoms with E-state index in [2.05, 4.69) is 5.32 Å². The lowest BCUT2D eigenvalue weighted by atomic mass is 9.91. The van der Waals surface area contributed by atoms with Crippen LogP contribution in [0.1, 0.15) is 51.1 Å². The van der Waals surface area contributed by atoms with E-state index in [1.54, 1.807) is 12.1 Å². The van der Waals surface area contributed by atoms with Crippen LogP contribution in [-0.4, -0.2) is 21.0 Å².